The van der Waals surface area contributed by atoms with Gasteiger partial charge in [0.1, 0.15) is 6.10 Å². The van der Waals surface area contributed by atoms with Crippen molar-refractivity contribution in [2.24, 2.45) is 0 Å². The minimum atomic E-state index is -0.342. The van der Waals surface area contributed by atoms with Gasteiger partial charge in [0, 0.05) is 19.1 Å². The average Bonchev–Trinajstić information content (AvgIpc) is 2.86. The first-order valence-electron chi connectivity index (χ1n) is 16.1. The quantitative estimate of drug-likeness (QED) is 0.0790. The summed E-state index contributed by atoms with van der Waals surface area (Å²) in [6.07, 6.45) is 26.7. The molecule has 0 spiro atoms. The minimum Gasteiger partial charge on any atom is -0.462 e. The molecule has 0 aromatic heterocycles. The molecule has 0 aliphatic rings. The molecule has 0 fully saturated rings. The van der Waals surface area contributed by atoms with Crippen LogP contribution in [0.3, 0.4) is 0 Å². The number of nitrogens with one attached hydrogen (secondary N) is 1. The van der Waals surface area contributed by atoms with E-state index in [4.69, 9.17) is 9.84 Å². The molecular weight excluding hydrogens is 462 g/mol. The van der Waals surface area contributed by atoms with Crippen molar-refractivity contribution in [1.29, 1.82) is 0 Å². The molecule has 5 nitrogen and oxygen atoms in total. The van der Waals surface area contributed by atoms with Gasteiger partial charge in [0.25, 0.3) is 0 Å². The van der Waals surface area contributed by atoms with Crippen LogP contribution in [0.4, 0.5) is 0 Å². The second kappa shape index (κ2) is 27.9. The fraction of sp³-hybridized carbons (Fsp3) is 0.938. The first-order chi connectivity index (χ1) is 18.0. The number of carbonyl (C=O) groups excluding carboxylic acids is 2. The number of esters is 1. The third-order valence-corrected chi connectivity index (χ3v) is 7.29. The van der Waals surface area contributed by atoms with Crippen LogP contribution >= 0.6 is 0 Å². The molecule has 0 heterocycles. The van der Waals surface area contributed by atoms with E-state index in [0.29, 0.717) is 12.8 Å². The molecule has 0 saturated heterocycles. The molecule has 0 aromatic rings. The van der Waals surface area contributed by atoms with Gasteiger partial charge in [-0.2, -0.15) is 0 Å². The van der Waals surface area contributed by atoms with Crippen LogP contribution in [0.15, 0.2) is 0 Å². The summed E-state index contributed by atoms with van der Waals surface area (Å²) in [7, 11) is 0. The third kappa shape index (κ3) is 26.3. The number of amides is 1. The monoisotopic (exact) mass is 525 g/mol. The predicted octanol–water partition coefficient (Wildman–Crippen LogP) is 8.80. The van der Waals surface area contributed by atoms with E-state index in [0.717, 1.165) is 32.1 Å². The molecule has 220 valence electrons. The van der Waals surface area contributed by atoms with Crippen molar-refractivity contribution in [1.82, 2.24) is 5.32 Å². The van der Waals surface area contributed by atoms with Crippen LogP contribution in [0, 0.1) is 0 Å². The number of hydrogen-bond acceptors (Lipinski definition) is 4. The lowest BCUT2D eigenvalue weighted by Gasteiger charge is -2.19. The van der Waals surface area contributed by atoms with E-state index in [-0.39, 0.29) is 37.0 Å². The lowest BCUT2D eigenvalue weighted by molar-refractivity contribution is -0.151. The Morgan fingerprint density at radius 2 is 1.08 bits per heavy atom. The molecule has 0 aromatic carbocycles. The summed E-state index contributed by atoms with van der Waals surface area (Å²) in [6, 6.07) is -0.0714. The molecular formula is C32H63NO4. The number of hydrogen-bond donors (Lipinski definition) is 2. The van der Waals surface area contributed by atoms with Crippen LogP contribution in [0.1, 0.15) is 175 Å². The number of rotatable bonds is 28. The van der Waals surface area contributed by atoms with Crippen molar-refractivity contribution in [3.63, 3.8) is 0 Å². The highest BCUT2D eigenvalue weighted by Crippen LogP contribution is 2.16. The van der Waals surface area contributed by atoms with E-state index in [1.165, 1.54) is 103 Å². The highest BCUT2D eigenvalue weighted by Gasteiger charge is 2.19. The summed E-state index contributed by atoms with van der Waals surface area (Å²) in [6.45, 7) is 6.44. The van der Waals surface area contributed by atoms with Crippen molar-refractivity contribution in [3.05, 3.63) is 0 Å². The van der Waals surface area contributed by atoms with E-state index in [1.54, 1.807) is 0 Å². The SMILES string of the molecule is CCCCCCCCCCCCCC(=O)O[C@H](CCCCCCCCCCC)CC(=O)NC(C)CCO. The van der Waals surface area contributed by atoms with Gasteiger partial charge in [-0.3, -0.25) is 9.59 Å². The van der Waals surface area contributed by atoms with Crippen LogP contribution < -0.4 is 5.32 Å². The van der Waals surface area contributed by atoms with Gasteiger partial charge in [-0.15, -0.1) is 0 Å². The highest BCUT2D eigenvalue weighted by atomic mass is 16.5. The Hall–Kier alpha value is -1.10. The predicted molar refractivity (Wildman–Crippen MR) is 157 cm³/mol. The van der Waals surface area contributed by atoms with Gasteiger partial charge in [0.05, 0.1) is 6.42 Å². The van der Waals surface area contributed by atoms with Gasteiger partial charge >= 0.3 is 5.97 Å². The number of aliphatic hydroxyl groups excluding tert-OH is 1. The molecule has 0 bridgehead atoms. The van der Waals surface area contributed by atoms with Crippen molar-refractivity contribution < 1.29 is 19.4 Å². The average molecular weight is 526 g/mol. The fourth-order valence-corrected chi connectivity index (χ4v) is 4.87. The Labute approximate surface area is 230 Å². The molecule has 37 heavy (non-hydrogen) atoms. The van der Waals surface area contributed by atoms with Crippen LogP contribution in [0.25, 0.3) is 0 Å². The lowest BCUT2D eigenvalue weighted by Crippen LogP contribution is -2.36. The lowest BCUT2D eigenvalue weighted by atomic mass is 10.0. The normalized spacial score (nSPS) is 12.9. The van der Waals surface area contributed by atoms with Crippen molar-refractivity contribution >= 4 is 11.9 Å². The number of carbonyl (C=O) groups is 2. The van der Waals surface area contributed by atoms with E-state index >= 15 is 0 Å². The van der Waals surface area contributed by atoms with Crippen molar-refractivity contribution in [2.45, 2.75) is 187 Å². The summed E-state index contributed by atoms with van der Waals surface area (Å²) in [5, 5.41) is 12.0. The van der Waals surface area contributed by atoms with E-state index < -0.39 is 0 Å². The van der Waals surface area contributed by atoms with E-state index in [9.17, 15) is 9.59 Å². The number of unbranched alkanes of at least 4 members (excludes halogenated alkanes) is 18. The minimum absolute atomic E-state index is 0.0528. The molecule has 2 atom stereocenters. The van der Waals surface area contributed by atoms with Crippen LogP contribution in [-0.4, -0.2) is 35.7 Å². The van der Waals surface area contributed by atoms with Crippen LogP contribution in [0.2, 0.25) is 0 Å². The van der Waals surface area contributed by atoms with Crippen molar-refractivity contribution in [2.75, 3.05) is 6.61 Å². The first-order valence-corrected chi connectivity index (χ1v) is 16.1. The molecule has 0 radical (unpaired) electrons. The second-order valence-electron chi connectivity index (χ2n) is 11.2. The van der Waals surface area contributed by atoms with Gasteiger partial charge in [-0.05, 0) is 32.6 Å². The molecule has 2 N–H and O–H groups in total. The summed E-state index contributed by atoms with van der Waals surface area (Å²) in [5.41, 5.74) is 0. The summed E-state index contributed by atoms with van der Waals surface area (Å²) in [5.74, 6) is -0.252. The molecule has 5 heteroatoms. The highest BCUT2D eigenvalue weighted by molar-refractivity contribution is 5.77. The van der Waals surface area contributed by atoms with E-state index in [2.05, 4.69) is 19.2 Å². The van der Waals surface area contributed by atoms with Gasteiger partial charge in [0.15, 0.2) is 0 Å². The van der Waals surface area contributed by atoms with Gasteiger partial charge in [-0.25, -0.2) is 0 Å². The molecule has 1 unspecified atom stereocenters. The summed E-state index contributed by atoms with van der Waals surface area (Å²) in [4.78, 5) is 24.9. The maximum absolute atomic E-state index is 12.5. The maximum atomic E-state index is 12.5. The summed E-state index contributed by atoms with van der Waals surface area (Å²) < 4.78 is 5.78. The third-order valence-electron chi connectivity index (χ3n) is 7.29. The Morgan fingerprint density at radius 1 is 0.649 bits per heavy atom. The fourth-order valence-electron chi connectivity index (χ4n) is 4.87. The Kier molecular flexibility index (Phi) is 27.1. The number of aliphatic hydroxyl groups is 1. The smallest absolute Gasteiger partial charge is 0.306 e. The van der Waals surface area contributed by atoms with Crippen LogP contribution in [0.5, 0.6) is 0 Å². The standard InChI is InChI=1S/C32H63NO4/c1-4-6-8-10-12-14-15-17-19-21-23-25-32(36)37-30(28-31(35)33-29(3)26-27-34)24-22-20-18-16-13-11-9-7-5-2/h29-30,34H,4-28H2,1-3H3,(H,33,35)/t29?,30-/m1/s1. The zero-order valence-corrected chi connectivity index (χ0v) is 25.0. The van der Waals surface area contributed by atoms with Gasteiger partial charge in [0.2, 0.25) is 5.91 Å². The summed E-state index contributed by atoms with van der Waals surface area (Å²) >= 11 is 0. The Balaban J connectivity index is 4.16. The zero-order chi connectivity index (χ0) is 27.4. The molecule has 0 saturated carbocycles. The Bertz CT molecular complexity index is 511. The zero-order valence-electron chi connectivity index (χ0n) is 25.0. The molecule has 0 aliphatic carbocycles. The van der Waals surface area contributed by atoms with Gasteiger partial charge in [-0.1, -0.05) is 129 Å². The Morgan fingerprint density at radius 3 is 1.54 bits per heavy atom. The van der Waals surface area contributed by atoms with Crippen molar-refractivity contribution in [3.8, 4) is 0 Å². The topological polar surface area (TPSA) is 75.6 Å². The van der Waals surface area contributed by atoms with Gasteiger partial charge < -0.3 is 15.2 Å². The second-order valence-corrected chi connectivity index (χ2v) is 11.2. The largest absolute Gasteiger partial charge is 0.462 e. The van der Waals surface area contributed by atoms with Crippen LogP contribution in [-0.2, 0) is 14.3 Å². The number of ether oxygens (including phenoxy) is 1. The van der Waals surface area contributed by atoms with E-state index in [1.807, 2.05) is 6.92 Å². The molecule has 1 amide bonds. The maximum Gasteiger partial charge on any atom is 0.306 e. The first kappa shape index (κ1) is 35.9. The molecule has 0 aliphatic heterocycles. The molecule has 0 rings (SSSR count).